The minimum absolute atomic E-state index is 0.322. The molecule has 1 aromatic rings. The van der Waals surface area contributed by atoms with Crippen LogP contribution in [0, 0.1) is 0 Å². The lowest BCUT2D eigenvalue weighted by Gasteiger charge is -2.34. The lowest BCUT2D eigenvalue weighted by molar-refractivity contribution is 0.386. The molecule has 0 fully saturated rings. The van der Waals surface area contributed by atoms with Gasteiger partial charge in [-0.25, -0.2) is 0 Å². The summed E-state index contributed by atoms with van der Waals surface area (Å²) in [4.78, 5) is 3.28. The van der Waals surface area contributed by atoms with E-state index in [1.54, 1.807) is 20.9 Å². The van der Waals surface area contributed by atoms with Crippen LogP contribution in [0.15, 0.2) is 17.0 Å². The van der Waals surface area contributed by atoms with E-state index >= 15 is 0 Å². The second kappa shape index (κ2) is 14.0. The van der Waals surface area contributed by atoms with Crippen LogP contribution in [-0.2, 0) is 5.41 Å². The fourth-order valence-corrected chi connectivity index (χ4v) is 8.04. The van der Waals surface area contributed by atoms with Crippen molar-refractivity contribution in [1.29, 1.82) is 0 Å². The molecule has 0 spiro atoms. The second-order valence-corrected chi connectivity index (χ2v) is 12.4. The lowest BCUT2D eigenvalue weighted by atomic mass is 9.70. The highest BCUT2D eigenvalue weighted by molar-refractivity contribution is 9.09. The largest absolute Gasteiger partial charge is 0.143 e. The SMILES string of the molecule is CCC1=C(SC(C)CC)c2sccc2C1(CCCCCCBr)CCCCCCBr. The molecular weight excluding hydrogens is 524 g/mol. The first-order chi connectivity index (χ1) is 14.1. The van der Waals surface area contributed by atoms with Gasteiger partial charge >= 0.3 is 0 Å². The van der Waals surface area contributed by atoms with Crippen LogP contribution in [0.3, 0.4) is 0 Å². The molecule has 1 aliphatic carbocycles. The smallest absolute Gasteiger partial charge is 0.0447 e. The third-order valence-electron chi connectivity index (χ3n) is 6.46. The van der Waals surface area contributed by atoms with Crippen LogP contribution in [0.25, 0.3) is 4.91 Å². The molecule has 0 N–H and O–H groups in total. The van der Waals surface area contributed by atoms with Gasteiger partial charge in [0.15, 0.2) is 0 Å². The van der Waals surface area contributed by atoms with E-state index in [0.29, 0.717) is 10.7 Å². The van der Waals surface area contributed by atoms with Crippen LogP contribution in [0.4, 0.5) is 0 Å². The Kier molecular flexibility index (Phi) is 12.6. The summed E-state index contributed by atoms with van der Waals surface area (Å²) in [6.07, 6.45) is 16.0. The maximum Gasteiger partial charge on any atom is 0.0447 e. The number of halogens is 2. The summed E-state index contributed by atoms with van der Waals surface area (Å²) in [5.74, 6) is 0. The number of hydrogen-bond acceptors (Lipinski definition) is 2. The molecule has 166 valence electrons. The standard InChI is InChI=1S/C25H40Br2S2/c1-4-20(3)29-24-21(5-2)25(15-10-6-8-12-17-26,16-11-7-9-13-18-27)22-14-19-28-23(22)24/h14,19-20H,4-13,15-18H2,1-3H3. The maximum absolute atomic E-state index is 3.60. The van der Waals surface area contributed by atoms with Crippen molar-refractivity contribution in [3.63, 3.8) is 0 Å². The number of thioether (sulfide) groups is 1. The first-order valence-corrected chi connectivity index (χ1v) is 15.7. The summed E-state index contributed by atoms with van der Waals surface area (Å²) in [6, 6.07) is 2.48. The van der Waals surface area contributed by atoms with Gasteiger partial charge in [0.25, 0.3) is 0 Å². The van der Waals surface area contributed by atoms with Gasteiger partial charge in [0.2, 0.25) is 0 Å². The molecule has 29 heavy (non-hydrogen) atoms. The second-order valence-electron chi connectivity index (χ2n) is 8.45. The Hall–Kier alpha value is 0.750. The predicted molar refractivity (Wildman–Crippen MR) is 144 cm³/mol. The summed E-state index contributed by atoms with van der Waals surface area (Å²) >= 11 is 11.4. The quantitative estimate of drug-likeness (QED) is 0.142. The van der Waals surface area contributed by atoms with Crippen molar-refractivity contribution in [1.82, 2.24) is 0 Å². The molecule has 1 aromatic heterocycles. The molecule has 0 aliphatic heterocycles. The Balaban J connectivity index is 2.27. The molecule has 0 amide bonds. The Morgan fingerprint density at radius 2 is 1.52 bits per heavy atom. The van der Waals surface area contributed by atoms with Crippen LogP contribution in [-0.4, -0.2) is 15.9 Å². The van der Waals surface area contributed by atoms with E-state index in [4.69, 9.17) is 0 Å². The summed E-state index contributed by atoms with van der Waals surface area (Å²) in [6.45, 7) is 7.14. The zero-order valence-electron chi connectivity index (χ0n) is 18.7. The van der Waals surface area contributed by atoms with E-state index in [1.165, 1.54) is 77.0 Å². The summed E-state index contributed by atoms with van der Waals surface area (Å²) in [7, 11) is 0. The maximum atomic E-state index is 3.60. The highest BCUT2D eigenvalue weighted by Gasteiger charge is 2.44. The van der Waals surface area contributed by atoms with E-state index in [1.807, 2.05) is 11.3 Å². The highest BCUT2D eigenvalue weighted by atomic mass is 79.9. The zero-order chi connectivity index (χ0) is 21.1. The zero-order valence-corrected chi connectivity index (χ0v) is 23.5. The van der Waals surface area contributed by atoms with Crippen molar-refractivity contribution >= 4 is 59.9 Å². The molecule has 0 nitrogen and oxygen atoms in total. The molecule has 0 aromatic carbocycles. The highest BCUT2D eigenvalue weighted by Crippen LogP contribution is 2.58. The van der Waals surface area contributed by atoms with Gasteiger partial charge in [-0.2, -0.15) is 0 Å². The molecule has 0 saturated carbocycles. The van der Waals surface area contributed by atoms with Crippen molar-refractivity contribution in [2.75, 3.05) is 10.7 Å². The van der Waals surface area contributed by atoms with Crippen molar-refractivity contribution < 1.29 is 0 Å². The number of fused-ring (bicyclic) bond motifs is 1. The minimum atomic E-state index is 0.322. The molecule has 1 unspecified atom stereocenters. The molecule has 2 rings (SSSR count). The predicted octanol–water partition coefficient (Wildman–Crippen LogP) is 10.3. The Morgan fingerprint density at radius 3 is 2.03 bits per heavy atom. The number of allylic oxidation sites excluding steroid dienone is 1. The average Bonchev–Trinajstić information content (AvgIpc) is 3.29. The van der Waals surface area contributed by atoms with E-state index in [2.05, 4.69) is 75.8 Å². The van der Waals surface area contributed by atoms with E-state index < -0.39 is 0 Å². The Morgan fingerprint density at radius 1 is 0.931 bits per heavy atom. The van der Waals surface area contributed by atoms with Crippen LogP contribution in [0.5, 0.6) is 0 Å². The normalized spacial score (nSPS) is 16.4. The molecule has 0 radical (unpaired) electrons. The molecule has 1 heterocycles. The Labute approximate surface area is 205 Å². The molecular formula is C25H40Br2S2. The van der Waals surface area contributed by atoms with Gasteiger partial charge in [-0.1, -0.05) is 91.2 Å². The molecule has 1 aliphatic rings. The summed E-state index contributed by atoms with van der Waals surface area (Å²) in [5, 5.41) is 5.36. The first-order valence-electron chi connectivity index (χ1n) is 11.7. The van der Waals surface area contributed by atoms with Gasteiger partial charge in [0.1, 0.15) is 0 Å². The molecule has 0 saturated heterocycles. The van der Waals surface area contributed by atoms with Gasteiger partial charge in [0, 0.05) is 31.1 Å². The molecule has 1 atom stereocenters. The monoisotopic (exact) mass is 562 g/mol. The van der Waals surface area contributed by atoms with Gasteiger partial charge < -0.3 is 0 Å². The van der Waals surface area contributed by atoms with Crippen LogP contribution in [0.2, 0.25) is 0 Å². The number of unbranched alkanes of at least 4 members (excludes halogenated alkanes) is 6. The van der Waals surface area contributed by atoms with Crippen molar-refractivity contribution in [2.24, 2.45) is 0 Å². The average molecular weight is 565 g/mol. The topological polar surface area (TPSA) is 0 Å². The fourth-order valence-electron chi connectivity index (χ4n) is 4.73. The van der Waals surface area contributed by atoms with Gasteiger partial charge in [-0.15, -0.1) is 23.1 Å². The van der Waals surface area contributed by atoms with Gasteiger partial charge in [-0.3, -0.25) is 0 Å². The molecule has 0 bridgehead atoms. The van der Waals surface area contributed by atoms with Crippen LogP contribution in [0.1, 0.15) is 108 Å². The van der Waals surface area contributed by atoms with Crippen molar-refractivity contribution in [3.8, 4) is 0 Å². The van der Waals surface area contributed by atoms with Crippen molar-refractivity contribution in [3.05, 3.63) is 27.5 Å². The van der Waals surface area contributed by atoms with E-state index in [9.17, 15) is 0 Å². The van der Waals surface area contributed by atoms with Crippen LogP contribution < -0.4 is 0 Å². The number of alkyl halides is 2. The lowest BCUT2D eigenvalue weighted by Crippen LogP contribution is -2.26. The van der Waals surface area contributed by atoms with Gasteiger partial charge in [-0.05, 0) is 61.1 Å². The third-order valence-corrected chi connectivity index (χ3v) is 10.1. The number of rotatable bonds is 16. The van der Waals surface area contributed by atoms with E-state index in [0.717, 1.165) is 10.7 Å². The Bertz CT molecular complexity index is 606. The van der Waals surface area contributed by atoms with Gasteiger partial charge in [0.05, 0.1) is 0 Å². The van der Waals surface area contributed by atoms with Crippen LogP contribution >= 0.6 is 55.0 Å². The summed E-state index contributed by atoms with van der Waals surface area (Å²) < 4.78 is 0. The third kappa shape index (κ3) is 6.86. The fraction of sp³-hybridized carbons (Fsp3) is 0.760. The minimum Gasteiger partial charge on any atom is -0.143 e. The number of hydrogen-bond donors (Lipinski definition) is 0. The first kappa shape index (κ1) is 26.0. The summed E-state index contributed by atoms with van der Waals surface area (Å²) in [5.41, 5.74) is 3.79. The number of thiophene rings is 1. The van der Waals surface area contributed by atoms with E-state index in [-0.39, 0.29) is 0 Å². The molecule has 4 heteroatoms. The van der Waals surface area contributed by atoms with Crippen molar-refractivity contribution in [2.45, 2.75) is 108 Å².